The van der Waals surface area contributed by atoms with E-state index in [2.05, 4.69) is 0 Å². The molecule has 0 heterocycles. The Morgan fingerprint density at radius 1 is 1.29 bits per heavy atom. The Morgan fingerprint density at radius 3 is 2.59 bits per heavy atom. The minimum atomic E-state index is -1.04. The largest absolute Gasteiger partial charge is 0.480 e. The number of rotatable bonds is 3. The van der Waals surface area contributed by atoms with Crippen molar-refractivity contribution in [2.75, 3.05) is 6.54 Å². The molecule has 0 spiro atoms. The van der Waals surface area contributed by atoms with E-state index in [1.807, 2.05) is 42.5 Å². The lowest BCUT2D eigenvalue weighted by molar-refractivity contribution is -0.143. The predicted octanol–water partition coefficient (Wildman–Crippen LogP) is 1.71. The van der Waals surface area contributed by atoms with Crippen LogP contribution in [0.4, 0.5) is 0 Å². The third kappa shape index (κ3) is 1.78. The van der Waals surface area contributed by atoms with E-state index >= 15 is 0 Å². The second-order valence-corrected chi connectivity index (χ2v) is 4.13. The van der Waals surface area contributed by atoms with Crippen molar-refractivity contribution in [3.05, 3.63) is 60.2 Å². The Labute approximate surface area is 100 Å². The molecule has 1 aromatic rings. The fourth-order valence-corrected chi connectivity index (χ4v) is 2.32. The van der Waals surface area contributed by atoms with Crippen LogP contribution in [-0.2, 0) is 10.2 Å². The van der Waals surface area contributed by atoms with E-state index in [0.29, 0.717) is 6.54 Å². The summed E-state index contributed by atoms with van der Waals surface area (Å²) < 4.78 is 0. The maximum atomic E-state index is 11.7. The number of benzene rings is 1. The van der Waals surface area contributed by atoms with Crippen molar-refractivity contribution in [3.8, 4) is 0 Å². The first-order valence-corrected chi connectivity index (χ1v) is 5.57. The van der Waals surface area contributed by atoms with Gasteiger partial charge in [0.2, 0.25) is 0 Å². The Morgan fingerprint density at radius 2 is 2.00 bits per heavy atom. The highest BCUT2D eigenvalue weighted by atomic mass is 16.4. The smallest absolute Gasteiger partial charge is 0.318 e. The van der Waals surface area contributed by atoms with Gasteiger partial charge in [0.1, 0.15) is 5.41 Å². The van der Waals surface area contributed by atoms with E-state index in [-0.39, 0.29) is 5.92 Å². The van der Waals surface area contributed by atoms with Crippen molar-refractivity contribution in [2.45, 2.75) is 5.41 Å². The van der Waals surface area contributed by atoms with Gasteiger partial charge in [-0.1, -0.05) is 54.6 Å². The summed E-state index contributed by atoms with van der Waals surface area (Å²) in [5.41, 5.74) is 5.44. The fraction of sp³-hybridized carbons (Fsp3) is 0.214. The minimum absolute atomic E-state index is 0.215. The van der Waals surface area contributed by atoms with Crippen molar-refractivity contribution < 1.29 is 9.90 Å². The zero-order valence-electron chi connectivity index (χ0n) is 9.41. The van der Waals surface area contributed by atoms with Crippen molar-refractivity contribution >= 4 is 5.97 Å². The maximum Gasteiger partial charge on any atom is 0.318 e. The first-order chi connectivity index (χ1) is 8.21. The summed E-state index contributed by atoms with van der Waals surface area (Å²) >= 11 is 0. The Hall–Kier alpha value is -1.87. The van der Waals surface area contributed by atoms with Crippen molar-refractivity contribution in [3.63, 3.8) is 0 Å². The van der Waals surface area contributed by atoms with Crippen molar-refractivity contribution in [1.82, 2.24) is 0 Å². The Bertz CT molecular complexity index is 464. The molecule has 2 unspecified atom stereocenters. The average molecular weight is 229 g/mol. The van der Waals surface area contributed by atoms with Gasteiger partial charge in [-0.15, -0.1) is 0 Å². The molecule has 0 aromatic heterocycles. The second kappa shape index (κ2) is 4.55. The first-order valence-electron chi connectivity index (χ1n) is 5.57. The lowest BCUT2D eigenvalue weighted by atomic mass is 9.68. The molecule has 0 saturated carbocycles. The molecule has 2 atom stereocenters. The third-order valence-corrected chi connectivity index (χ3v) is 3.26. The van der Waals surface area contributed by atoms with Crippen LogP contribution in [0.25, 0.3) is 0 Å². The van der Waals surface area contributed by atoms with E-state index in [4.69, 9.17) is 5.73 Å². The molecule has 17 heavy (non-hydrogen) atoms. The van der Waals surface area contributed by atoms with Crippen LogP contribution in [0.1, 0.15) is 5.56 Å². The number of hydrogen-bond donors (Lipinski definition) is 2. The molecule has 0 fully saturated rings. The molecule has 0 radical (unpaired) electrons. The van der Waals surface area contributed by atoms with Crippen LogP contribution in [0.5, 0.6) is 0 Å². The topological polar surface area (TPSA) is 63.3 Å². The minimum Gasteiger partial charge on any atom is -0.480 e. The molecule has 1 aromatic carbocycles. The molecule has 0 aliphatic heterocycles. The van der Waals surface area contributed by atoms with Crippen LogP contribution in [0, 0.1) is 5.92 Å². The monoisotopic (exact) mass is 229 g/mol. The van der Waals surface area contributed by atoms with Gasteiger partial charge in [0.25, 0.3) is 0 Å². The van der Waals surface area contributed by atoms with Crippen LogP contribution in [0.3, 0.4) is 0 Å². The van der Waals surface area contributed by atoms with Gasteiger partial charge in [0.15, 0.2) is 0 Å². The number of allylic oxidation sites excluding steroid dienone is 2. The summed E-state index contributed by atoms with van der Waals surface area (Å²) in [6.45, 7) is 0.308. The summed E-state index contributed by atoms with van der Waals surface area (Å²) in [5.74, 6) is -1.08. The van der Waals surface area contributed by atoms with Gasteiger partial charge >= 0.3 is 5.97 Å². The molecule has 0 bridgehead atoms. The lowest BCUT2D eigenvalue weighted by Crippen LogP contribution is -2.44. The SMILES string of the molecule is NCC1C=CC=CC1(C(=O)O)c1ccccc1. The van der Waals surface area contributed by atoms with Crippen LogP contribution in [0.2, 0.25) is 0 Å². The van der Waals surface area contributed by atoms with Gasteiger partial charge in [-0.05, 0) is 5.56 Å². The molecule has 88 valence electrons. The number of carboxylic acids is 1. The van der Waals surface area contributed by atoms with E-state index in [0.717, 1.165) is 5.56 Å². The molecule has 0 amide bonds. The average Bonchev–Trinajstić information content (AvgIpc) is 2.39. The number of hydrogen-bond acceptors (Lipinski definition) is 2. The van der Waals surface area contributed by atoms with Gasteiger partial charge < -0.3 is 10.8 Å². The normalized spacial score (nSPS) is 27.0. The van der Waals surface area contributed by atoms with Crippen LogP contribution < -0.4 is 5.73 Å². The highest BCUT2D eigenvalue weighted by Crippen LogP contribution is 2.37. The lowest BCUT2D eigenvalue weighted by Gasteiger charge is -2.34. The maximum absolute atomic E-state index is 11.7. The molecule has 0 saturated heterocycles. The molecular weight excluding hydrogens is 214 g/mol. The number of carboxylic acid groups (broad SMARTS) is 1. The standard InChI is InChI=1S/C14H15NO2/c15-10-12-8-4-5-9-14(12,13(16)17)11-6-2-1-3-7-11/h1-9,12H,10,15H2,(H,16,17). The van der Waals surface area contributed by atoms with E-state index < -0.39 is 11.4 Å². The quantitative estimate of drug-likeness (QED) is 0.829. The molecule has 1 aliphatic rings. The molecule has 3 N–H and O–H groups in total. The van der Waals surface area contributed by atoms with E-state index in [1.165, 1.54) is 0 Å². The van der Waals surface area contributed by atoms with Crippen molar-refractivity contribution in [2.24, 2.45) is 11.7 Å². The van der Waals surface area contributed by atoms with E-state index in [9.17, 15) is 9.90 Å². The zero-order chi connectivity index (χ0) is 12.3. The third-order valence-electron chi connectivity index (χ3n) is 3.26. The van der Waals surface area contributed by atoms with Gasteiger partial charge in [-0.3, -0.25) is 4.79 Å². The fourth-order valence-electron chi connectivity index (χ4n) is 2.32. The summed E-state index contributed by atoms with van der Waals surface area (Å²) in [6.07, 6.45) is 7.21. The number of carbonyl (C=O) groups is 1. The van der Waals surface area contributed by atoms with Gasteiger partial charge in [0, 0.05) is 12.5 Å². The highest BCUT2D eigenvalue weighted by Gasteiger charge is 2.44. The Kier molecular flexibility index (Phi) is 3.11. The number of aliphatic carboxylic acids is 1. The Balaban J connectivity index is 2.57. The van der Waals surface area contributed by atoms with Gasteiger partial charge in [0.05, 0.1) is 0 Å². The summed E-state index contributed by atoms with van der Waals surface area (Å²) in [6, 6.07) is 9.24. The van der Waals surface area contributed by atoms with Gasteiger partial charge in [-0.2, -0.15) is 0 Å². The molecule has 3 nitrogen and oxygen atoms in total. The van der Waals surface area contributed by atoms with E-state index in [1.54, 1.807) is 12.2 Å². The summed E-state index contributed by atoms with van der Waals surface area (Å²) in [7, 11) is 0. The summed E-state index contributed by atoms with van der Waals surface area (Å²) in [5, 5.41) is 9.60. The molecule has 2 rings (SSSR count). The van der Waals surface area contributed by atoms with Crippen LogP contribution in [-0.4, -0.2) is 17.6 Å². The van der Waals surface area contributed by atoms with Crippen LogP contribution >= 0.6 is 0 Å². The second-order valence-electron chi connectivity index (χ2n) is 4.13. The molecule has 1 aliphatic carbocycles. The van der Waals surface area contributed by atoms with Crippen LogP contribution in [0.15, 0.2) is 54.6 Å². The van der Waals surface area contributed by atoms with Crippen molar-refractivity contribution in [1.29, 1.82) is 0 Å². The summed E-state index contributed by atoms with van der Waals surface area (Å²) in [4.78, 5) is 11.7. The predicted molar refractivity (Wildman–Crippen MR) is 66.6 cm³/mol. The highest BCUT2D eigenvalue weighted by molar-refractivity contribution is 5.85. The number of nitrogens with two attached hydrogens (primary N) is 1. The molecule has 3 heteroatoms. The zero-order valence-corrected chi connectivity index (χ0v) is 9.41. The first kappa shape index (κ1) is 11.6. The molecular formula is C14H15NO2. The van der Waals surface area contributed by atoms with Gasteiger partial charge in [-0.25, -0.2) is 0 Å².